The number of halogens is 1. The molecule has 1 aromatic rings. The van der Waals surface area contributed by atoms with E-state index in [9.17, 15) is 8.42 Å². The van der Waals surface area contributed by atoms with Crippen LogP contribution in [0.5, 0.6) is 0 Å². The third-order valence-electron chi connectivity index (χ3n) is 4.44. The van der Waals surface area contributed by atoms with Crippen LogP contribution in [-0.4, -0.2) is 64.6 Å². The monoisotopic (exact) mass is 421 g/mol. The van der Waals surface area contributed by atoms with E-state index >= 15 is 0 Å². The maximum absolute atomic E-state index is 12.1. The van der Waals surface area contributed by atoms with Gasteiger partial charge in [0.25, 0.3) is 0 Å². The maximum Gasteiger partial charge on any atom is 0.250 e. The Balaban J connectivity index is 1.77. The van der Waals surface area contributed by atoms with Gasteiger partial charge in [0.15, 0.2) is 5.96 Å². The maximum atomic E-state index is 12.1. The number of nitrogens with zero attached hydrogens (tertiary/aromatic N) is 2. The summed E-state index contributed by atoms with van der Waals surface area (Å²) in [4.78, 5) is 6.68. The van der Waals surface area contributed by atoms with Crippen molar-refractivity contribution < 1.29 is 8.42 Å². The Morgan fingerprint density at radius 3 is 2.65 bits per heavy atom. The lowest BCUT2D eigenvalue weighted by Crippen LogP contribution is -2.48. The van der Waals surface area contributed by atoms with Gasteiger partial charge in [0.05, 0.1) is 4.34 Å². The van der Waals surface area contributed by atoms with E-state index in [1.54, 1.807) is 13.1 Å². The molecule has 148 valence electrons. The Labute approximate surface area is 165 Å². The summed E-state index contributed by atoms with van der Waals surface area (Å²) >= 11 is 6.84. The summed E-state index contributed by atoms with van der Waals surface area (Å²) in [6.45, 7) is 9.38. The molecule has 1 aromatic heterocycles. The van der Waals surface area contributed by atoms with Gasteiger partial charge in [-0.15, -0.1) is 11.3 Å². The number of likely N-dealkylation sites (tertiary alicyclic amines) is 1. The summed E-state index contributed by atoms with van der Waals surface area (Å²) in [6.07, 6.45) is 0. The van der Waals surface area contributed by atoms with Crippen LogP contribution >= 0.6 is 22.9 Å². The predicted molar refractivity (Wildman–Crippen MR) is 109 cm³/mol. The molecule has 2 unspecified atom stereocenters. The smallest absolute Gasteiger partial charge is 0.250 e. The molecule has 0 aromatic carbocycles. The normalized spacial score (nSPS) is 22.2. The Morgan fingerprint density at radius 2 is 2.12 bits per heavy atom. The summed E-state index contributed by atoms with van der Waals surface area (Å²) in [5.41, 5.74) is 0. The zero-order valence-corrected chi connectivity index (χ0v) is 18.0. The van der Waals surface area contributed by atoms with E-state index in [1.807, 2.05) is 0 Å². The first kappa shape index (κ1) is 21.4. The molecule has 0 amide bonds. The van der Waals surface area contributed by atoms with Crippen LogP contribution in [0.3, 0.4) is 0 Å². The van der Waals surface area contributed by atoms with Crippen molar-refractivity contribution in [2.45, 2.75) is 37.1 Å². The van der Waals surface area contributed by atoms with Gasteiger partial charge in [-0.2, -0.15) is 0 Å². The Bertz CT molecular complexity index is 720. The Kier molecular flexibility index (Phi) is 7.72. The van der Waals surface area contributed by atoms with Crippen molar-refractivity contribution in [1.29, 1.82) is 0 Å². The Hall–Kier alpha value is -0.870. The number of guanidine groups is 1. The average Bonchev–Trinajstić information content (AvgIpc) is 3.17. The number of sulfonamides is 1. The highest BCUT2D eigenvalue weighted by Crippen LogP contribution is 2.25. The standard InChI is InChI=1S/C16H28ClN5O2S2/c1-11(2)22-9-12(3)13(10-22)21-16(18-4)19-7-8-20-26(23,24)15-6-5-14(17)25-15/h5-6,11-13,20H,7-10H2,1-4H3,(H2,18,19,21). The number of nitrogens with one attached hydrogen (secondary N) is 3. The van der Waals surface area contributed by atoms with Crippen LogP contribution < -0.4 is 15.4 Å². The van der Waals surface area contributed by atoms with Crippen molar-refractivity contribution in [3.63, 3.8) is 0 Å². The van der Waals surface area contributed by atoms with Crippen LogP contribution in [0.1, 0.15) is 20.8 Å². The number of hydrogen-bond acceptors (Lipinski definition) is 5. The van der Waals surface area contributed by atoms with E-state index < -0.39 is 10.0 Å². The molecule has 1 fully saturated rings. The van der Waals surface area contributed by atoms with Crippen LogP contribution in [0, 0.1) is 5.92 Å². The second kappa shape index (κ2) is 9.36. The molecule has 1 aliphatic rings. The lowest BCUT2D eigenvalue weighted by atomic mass is 10.1. The van der Waals surface area contributed by atoms with Gasteiger partial charge < -0.3 is 10.6 Å². The van der Waals surface area contributed by atoms with Crippen molar-refractivity contribution in [3.05, 3.63) is 16.5 Å². The zero-order chi connectivity index (χ0) is 19.3. The van der Waals surface area contributed by atoms with Crippen molar-refractivity contribution in [2.75, 3.05) is 33.2 Å². The number of aliphatic imine (C=N–C) groups is 1. The molecule has 1 saturated heterocycles. The van der Waals surface area contributed by atoms with E-state index in [-0.39, 0.29) is 10.8 Å². The fourth-order valence-corrected chi connectivity index (χ4v) is 5.42. The van der Waals surface area contributed by atoms with E-state index in [4.69, 9.17) is 11.6 Å². The molecule has 2 atom stereocenters. The molecule has 26 heavy (non-hydrogen) atoms. The third kappa shape index (κ3) is 5.82. The van der Waals surface area contributed by atoms with E-state index in [0.29, 0.717) is 34.8 Å². The van der Waals surface area contributed by atoms with Crippen LogP contribution in [0.2, 0.25) is 4.34 Å². The second-order valence-corrected chi connectivity index (χ2v) is 10.4. The van der Waals surface area contributed by atoms with Crippen molar-refractivity contribution in [1.82, 2.24) is 20.3 Å². The van der Waals surface area contributed by atoms with Gasteiger partial charge in [-0.3, -0.25) is 9.89 Å². The van der Waals surface area contributed by atoms with Gasteiger partial charge >= 0.3 is 0 Å². The summed E-state index contributed by atoms with van der Waals surface area (Å²) in [7, 11) is -1.80. The second-order valence-electron chi connectivity index (χ2n) is 6.73. The zero-order valence-electron chi connectivity index (χ0n) is 15.6. The molecular weight excluding hydrogens is 394 g/mol. The molecule has 7 nitrogen and oxygen atoms in total. The van der Waals surface area contributed by atoms with Crippen molar-refractivity contribution in [3.8, 4) is 0 Å². The Morgan fingerprint density at radius 1 is 1.38 bits per heavy atom. The van der Waals surface area contributed by atoms with E-state index in [1.165, 1.54) is 6.07 Å². The highest BCUT2D eigenvalue weighted by Gasteiger charge is 2.31. The lowest BCUT2D eigenvalue weighted by Gasteiger charge is -2.22. The van der Waals surface area contributed by atoms with Gasteiger partial charge in [0.2, 0.25) is 10.0 Å². The fraction of sp³-hybridized carbons (Fsp3) is 0.688. The average molecular weight is 422 g/mol. The lowest BCUT2D eigenvalue weighted by molar-refractivity contribution is 0.265. The first-order valence-corrected chi connectivity index (χ1v) is 11.4. The molecule has 10 heteroatoms. The summed E-state index contributed by atoms with van der Waals surface area (Å²) in [5, 5.41) is 6.60. The minimum Gasteiger partial charge on any atom is -0.355 e. The largest absolute Gasteiger partial charge is 0.355 e. The van der Waals surface area contributed by atoms with E-state index in [2.05, 4.69) is 46.0 Å². The van der Waals surface area contributed by atoms with Gasteiger partial charge in [-0.1, -0.05) is 18.5 Å². The summed E-state index contributed by atoms with van der Waals surface area (Å²) in [5.74, 6) is 1.21. The molecule has 1 aliphatic heterocycles. The number of rotatable bonds is 7. The van der Waals surface area contributed by atoms with Crippen LogP contribution in [0.4, 0.5) is 0 Å². The van der Waals surface area contributed by atoms with Gasteiger partial charge in [0.1, 0.15) is 4.21 Å². The van der Waals surface area contributed by atoms with Crippen molar-refractivity contribution >= 4 is 38.9 Å². The third-order valence-corrected chi connectivity index (χ3v) is 7.62. The van der Waals surface area contributed by atoms with E-state index in [0.717, 1.165) is 24.4 Å². The molecule has 0 radical (unpaired) electrons. The first-order chi connectivity index (χ1) is 12.2. The minimum absolute atomic E-state index is 0.221. The molecule has 0 spiro atoms. The molecule has 0 saturated carbocycles. The highest BCUT2D eigenvalue weighted by molar-refractivity contribution is 7.91. The number of thiophene rings is 1. The van der Waals surface area contributed by atoms with Crippen molar-refractivity contribution in [2.24, 2.45) is 10.9 Å². The molecule has 0 aliphatic carbocycles. The van der Waals surface area contributed by atoms with Gasteiger partial charge in [0, 0.05) is 45.3 Å². The molecular formula is C16H28ClN5O2S2. The van der Waals surface area contributed by atoms with Gasteiger partial charge in [-0.25, -0.2) is 13.1 Å². The van der Waals surface area contributed by atoms with Crippen LogP contribution in [-0.2, 0) is 10.0 Å². The highest BCUT2D eigenvalue weighted by atomic mass is 35.5. The van der Waals surface area contributed by atoms with Crippen LogP contribution in [0.25, 0.3) is 0 Å². The molecule has 2 heterocycles. The minimum atomic E-state index is -3.51. The number of hydrogen-bond donors (Lipinski definition) is 3. The summed E-state index contributed by atoms with van der Waals surface area (Å²) < 4.78 is 27.5. The molecule has 2 rings (SSSR count). The quantitative estimate of drug-likeness (QED) is 0.353. The SMILES string of the molecule is CN=C(NCCNS(=O)(=O)c1ccc(Cl)s1)NC1CN(C(C)C)CC1C. The fourth-order valence-electron chi connectivity index (χ4n) is 2.86. The molecule has 3 N–H and O–H groups in total. The first-order valence-electron chi connectivity index (χ1n) is 8.69. The summed E-state index contributed by atoms with van der Waals surface area (Å²) in [6, 6.07) is 3.94. The predicted octanol–water partition coefficient (Wildman–Crippen LogP) is 1.57. The topological polar surface area (TPSA) is 85.8 Å². The van der Waals surface area contributed by atoms with Gasteiger partial charge in [-0.05, 0) is 31.9 Å². The van der Waals surface area contributed by atoms with Crippen LogP contribution in [0.15, 0.2) is 21.3 Å². The molecule has 0 bridgehead atoms.